The molecular formula is C42H82Cl2N2+2. The van der Waals surface area contributed by atoms with E-state index in [-0.39, 0.29) is 5.38 Å². The average molecular weight is 686 g/mol. The lowest BCUT2D eigenvalue weighted by atomic mass is 9.92. The van der Waals surface area contributed by atoms with Gasteiger partial charge in [-0.2, -0.15) is 0 Å². The zero-order chi connectivity index (χ0) is 34.0. The van der Waals surface area contributed by atoms with E-state index in [9.17, 15) is 0 Å². The van der Waals surface area contributed by atoms with Gasteiger partial charge in [0.25, 0.3) is 0 Å². The van der Waals surface area contributed by atoms with E-state index in [2.05, 4.69) is 60.0 Å². The molecule has 0 amide bonds. The Morgan fingerprint density at radius 1 is 0.522 bits per heavy atom. The maximum atomic E-state index is 7.51. The molecule has 0 heterocycles. The van der Waals surface area contributed by atoms with Crippen molar-refractivity contribution in [2.75, 3.05) is 53.4 Å². The Hall–Kier alpha value is -0.0200. The summed E-state index contributed by atoms with van der Waals surface area (Å²) in [6.07, 6.45) is 39.6. The highest BCUT2D eigenvalue weighted by atomic mass is 35.5. The van der Waals surface area contributed by atoms with Crippen molar-refractivity contribution in [1.29, 1.82) is 0 Å². The van der Waals surface area contributed by atoms with Crippen LogP contribution in [0.5, 0.6) is 0 Å². The minimum atomic E-state index is -0.508. The van der Waals surface area contributed by atoms with Crippen LogP contribution < -0.4 is 0 Å². The quantitative estimate of drug-likeness (QED) is 0.0376. The van der Waals surface area contributed by atoms with E-state index in [4.69, 9.17) is 23.2 Å². The van der Waals surface area contributed by atoms with E-state index in [1.807, 2.05) is 0 Å². The van der Waals surface area contributed by atoms with Gasteiger partial charge in [0, 0.05) is 5.57 Å². The Morgan fingerprint density at radius 3 is 1.20 bits per heavy atom. The Kier molecular flexibility index (Phi) is 25.6. The molecule has 1 aliphatic rings. The number of unbranched alkanes of at least 4 members (excludes halogenated alkanes) is 20. The summed E-state index contributed by atoms with van der Waals surface area (Å²) >= 11 is 14.8. The number of likely N-dealkylation sites (N-methyl/N-ethyl adjacent to an activating group) is 1. The van der Waals surface area contributed by atoms with Crippen LogP contribution >= 0.6 is 23.2 Å². The lowest BCUT2D eigenvalue weighted by Crippen LogP contribution is -2.56. The molecule has 0 aromatic carbocycles. The number of allylic oxidation sites excluding steroid dienone is 1. The van der Waals surface area contributed by atoms with Crippen molar-refractivity contribution < 1.29 is 8.97 Å². The Labute approximate surface area is 300 Å². The third kappa shape index (κ3) is 20.5. The van der Waals surface area contributed by atoms with Gasteiger partial charge >= 0.3 is 0 Å². The van der Waals surface area contributed by atoms with Crippen LogP contribution in [0.25, 0.3) is 0 Å². The van der Waals surface area contributed by atoms with E-state index < -0.39 is 4.87 Å². The topological polar surface area (TPSA) is 0 Å². The van der Waals surface area contributed by atoms with Crippen molar-refractivity contribution in [3.63, 3.8) is 0 Å². The molecule has 0 aromatic heterocycles. The summed E-state index contributed by atoms with van der Waals surface area (Å²) < 4.78 is 2.19. The molecule has 0 spiro atoms. The van der Waals surface area contributed by atoms with E-state index in [0.717, 1.165) is 22.1 Å². The van der Waals surface area contributed by atoms with Gasteiger partial charge in [0.1, 0.15) is 18.0 Å². The summed E-state index contributed by atoms with van der Waals surface area (Å²) in [5.41, 5.74) is 1.40. The highest BCUT2D eigenvalue weighted by Gasteiger charge is 2.42. The van der Waals surface area contributed by atoms with Crippen LogP contribution in [0.2, 0.25) is 0 Å². The standard InChI is InChI=1S/C42H82Cl2N2/c1-7-11-15-19-23-27-33-45(5,34-28-24-20-16-12-8-2)38-40-31-32-42(44,41(43)37-40)39-46(6,35-29-25-21-17-13-9-3)36-30-26-22-18-14-10-4/h31-32,37,41H,7-30,33-36,38-39H2,1-6H3/q+2. The van der Waals surface area contributed by atoms with Crippen LogP contribution in [0, 0.1) is 0 Å². The van der Waals surface area contributed by atoms with Crippen molar-refractivity contribution in [1.82, 2.24) is 0 Å². The van der Waals surface area contributed by atoms with Crippen LogP contribution in [0.1, 0.15) is 182 Å². The Bertz CT molecular complexity index is 746. The maximum absolute atomic E-state index is 7.51. The van der Waals surface area contributed by atoms with Gasteiger partial charge in [-0.25, -0.2) is 0 Å². The first-order chi connectivity index (χ1) is 22.2. The minimum absolute atomic E-state index is 0.155. The summed E-state index contributed by atoms with van der Waals surface area (Å²) in [6, 6.07) is 0. The molecule has 0 N–H and O–H groups in total. The number of alkyl halides is 2. The molecule has 0 aliphatic heterocycles. The second kappa shape index (κ2) is 26.8. The van der Waals surface area contributed by atoms with Gasteiger partial charge in [-0.3, -0.25) is 0 Å². The SMILES string of the molecule is CCCCCCCC[N+](C)(CCCCCCCC)CC1=CC(Cl)C(Cl)(C[N+](C)(CCCCCCCC)CCCCCCCC)C=C1. The zero-order valence-electron chi connectivity index (χ0n) is 32.2. The molecule has 0 aromatic rings. The van der Waals surface area contributed by atoms with Crippen molar-refractivity contribution in [2.45, 2.75) is 192 Å². The monoisotopic (exact) mass is 685 g/mol. The highest BCUT2D eigenvalue weighted by Crippen LogP contribution is 2.36. The van der Waals surface area contributed by atoms with Crippen LogP contribution in [0.15, 0.2) is 23.8 Å². The second-order valence-electron chi connectivity index (χ2n) is 15.9. The summed E-state index contributed by atoms with van der Waals surface area (Å²) in [6.45, 7) is 16.2. The molecule has 0 radical (unpaired) electrons. The molecule has 272 valence electrons. The predicted octanol–water partition coefficient (Wildman–Crippen LogP) is 13.4. The fourth-order valence-electron chi connectivity index (χ4n) is 7.63. The summed E-state index contributed by atoms with van der Waals surface area (Å²) in [5, 5.41) is -0.155. The van der Waals surface area contributed by atoms with Gasteiger partial charge in [-0.1, -0.05) is 149 Å². The molecule has 0 fully saturated rings. The largest absolute Gasteiger partial charge is 0.324 e. The number of quaternary nitrogens is 2. The van der Waals surface area contributed by atoms with Gasteiger partial charge < -0.3 is 8.97 Å². The molecule has 2 atom stereocenters. The van der Waals surface area contributed by atoms with Gasteiger partial charge in [-0.15, -0.1) is 23.2 Å². The first-order valence-corrected chi connectivity index (χ1v) is 21.4. The van der Waals surface area contributed by atoms with Gasteiger partial charge in [0.05, 0.1) is 45.7 Å². The molecule has 0 bridgehead atoms. The molecule has 1 rings (SSSR count). The lowest BCUT2D eigenvalue weighted by molar-refractivity contribution is -0.911. The van der Waals surface area contributed by atoms with E-state index in [1.54, 1.807) is 0 Å². The van der Waals surface area contributed by atoms with Crippen molar-refractivity contribution in [3.05, 3.63) is 23.8 Å². The third-order valence-electron chi connectivity index (χ3n) is 10.8. The number of hydrogen-bond donors (Lipinski definition) is 0. The second-order valence-corrected chi connectivity index (χ2v) is 17.1. The average Bonchev–Trinajstić information content (AvgIpc) is 3.02. The summed E-state index contributed by atoms with van der Waals surface area (Å²) in [5.74, 6) is 0. The van der Waals surface area contributed by atoms with Crippen molar-refractivity contribution >= 4 is 23.2 Å². The normalized spacial score (nSPS) is 18.8. The number of halogens is 2. The smallest absolute Gasteiger partial charge is 0.131 e. The van der Waals surface area contributed by atoms with E-state index in [0.29, 0.717) is 0 Å². The molecule has 4 heteroatoms. The third-order valence-corrected chi connectivity index (χ3v) is 11.9. The van der Waals surface area contributed by atoms with Crippen LogP contribution in [-0.4, -0.2) is 72.6 Å². The van der Waals surface area contributed by atoms with Crippen molar-refractivity contribution in [3.8, 4) is 0 Å². The Morgan fingerprint density at radius 2 is 0.848 bits per heavy atom. The number of hydrogen-bond acceptors (Lipinski definition) is 0. The predicted molar refractivity (Wildman–Crippen MR) is 211 cm³/mol. The molecule has 0 saturated carbocycles. The summed E-state index contributed by atoms with van der Waals surface area (Å²) in [7, 11) is 4.97. The summed E-state index contributed by atoms with van der Waals surface area (Å²) in [4.78, 5) is -0.508. The van der Waals surface area contributed by atoms with Crippen molar-refractivity contribution in [2.24, 2.45) is 0 Å². The van der Waals surface area contributed by atoms with Crippen LogP contribution in [0.3, 0.4) is 0 Å². The highest BCUT2D eigenvalue weighted by molar-refractivity contribution is 6.34. The first kappa shape index (κ1) is 44.0. The number of rotatable bonds is 32. The van der Waals surface area contributed by atoms with Crippen LogP contribution in [-0.2, 0) is 0 Å². The molecule has 1 aliphatic carbocycles. The first-order valence-electron chi connectivity index (χ1n) is 20.6. The molecular weight excluding hydrogens is 603 g/mol. The van der Waals surface area contributed by atoms with Crippen LogP contribution in [0.4, 0.5) is 0 Å². The lowest BCUT2D eigenvalue weighted by Gasteiger charge is -2.43. The van der Waals surface area contributed by atoms with Gasteiger partial charge in [0.2, 0.25) is 0 Å². The van der Waals surface area contributed by atoms with E-state index >= 15 is 0 Å². The molecule has 0 saturated heterocycles. The minimum Gasteiger partial charge on any atom is -0.324 e. The van der Waals surface area contributed by atoms with Gasteiger partial charge in [0.15, 0.2) is 0 Å². The molecule has 2 nitrogen and oxygen atoms in total. The Balaban J connectivity index is 2.87. The maximum Gasteiger partial charge on any atom is 0.131 e. The molecule has 2 unspecified atom stereocenters. The fraction of sp³-hybridized carbons (Fsp3) is 0.905. The number of nitrogens with zero attached hydrogens (tertiary/aromatic N) is 2. The fourth-order valence-corrected chi connectivity index (χ4v) is 8.34. The van der Waals surface area contributed by atoms with Gasteiger partial charge in [-0.05, 0) is 51.4 Å². The molecule has 46 heavy (non-hydrogen) atoms. The zero-order valence-corrected chi connectivity index (χ0v) is 33.7. The van der Waals surface area contributed by atoms with E-state index in [1.165, 1.54) is 186 Å².